The summed E-state index contributed by atoms with van der Waals surface area (Å²) in [6.45, 7) is 2.37. The summed E-state index contributed by atoms with van der Waals surface area (Å²) in [5.74, 6) is 1.82. The van der Waals surface area contributed by atoms with Crippen LogP contribution in [0.3, 0.4) is 0 Å². The summed E-state index contributed by atoms with van der Waals surface area (Å²) in [5.41, 5.74) is 4.99. The molecule has 4 heteroatoms. The van der Waals surface area contributed by atoms with Crippen molar-refractivity contribution in [2.45, 2.75) is 32.0 Å². The second-order valence-corrected chi connectivity index (χ2v) is 8.14. The normalized spacial score (nSPS) is 15.4. The predicted octanol–water partition coefficient (Wildman–Crippen LogP) is 5.27. The lowest BCUT2D eigenvalue weighted by atomic mass is 10.0. The maximum atomic E-state index is 6.28. The van der Waals surface area contributed by atoms with E-state index in [9.17, 15) is 0 Å². The van der Waals surface area contributed by atoms with Crippen molar-refractivity contribution in [3.05, 3.63) is 95.7 Å². The standard InChI is InChI=1S/C27H28N2O2/c1-2-6-20(7-3-1)19-30-23-12-10-21-11-13-24(31-27(21)16-23)18-28-15-14-22-17-29-26-9-5-4-8-25(22)26/h1-10,12,16-17,24,28-29H,11,13-15,18-19H2. The molecular weight excluding hydrogens is 384 g/mol. The van der Waals surface area contributed by atoms with E-state index in [1.165, 1.54) is 27.6 Å². The number of rotatable bonds is 8. The fourth-order valence-corrected chi connectivity index (χ4v) is 4.21. The van der Waals surface area contributed by atoms with Gasteiger partial charge < -0.3 is 19.8 Å². The highest BCUT2D eigenvalue weighted by Crippen LogP contribution is 2.31. The molecule has 4 nitrogen and oxygen atoms in total. The van der Waals surface area contributed by atoms with E-state index >= 15 is 0 Å². The van der Waals surface area contributed by atoms with Gasteiger partial charge in [-0.25, -0.2) is 0 Å². The van der Waals surface area contributed by atoms with Crippen LogP contribution in [0.5, 0.6) is 11.5 Å². The molecule has 0 amide bonds. The van der Waals surface area contributed by atoms with Gasteiger partial charge in [-0.05, 0) is 54.6 Å². The number of hydrogen-bond donors (Lipinski definition) is 2. The molecular formula is C27H28N2O2. The summed E-state index contributed by atoms with van der Waals surface area (Å²) >= 11 is 0. The fourth-order valence-electron chi connectivity index (χ4n) is 4.21. The third-order valence-corrected chi connectivity index (χ3v) is 5.93. The number of benzene rings is 3. The van der Waals surface area contributed by atoms with Gasteiger partial charge in [0, 0.05) is 29.7 Å². The predicted molar refractivity (Wildman–Crippen MR) is 125 cm³/mol. The van der Waals surface area contributed by atoms with Gasteiger partial charge in [-0.2, -0.15) is 0 Å². The SMILES string of the molecule is c1ccc(COc2ccc3c(c2)OC(CNCCc2c[nH]c4ccccc24)CC3)cc1. The molecule has 0 aliphatic carbocycles. The number of nitrogens with one attached hydrogen (secondary N) is 2. The van der Waals surface area contributed by atoms with Gasteiger partial charge >= 0.3 is 0 Å². The largest absolute Gasteiger partial charge is 0.489 e. The van der Waals surface area contributed by atoms with E-state index in [2.05, 4.69) is 59.0 Å². The summed E-state index contributed by atoms with van der Waals surface area (Å²) in [7, 11) is 0. The third kappa shape index (κ3) is 4.75. The molecule has 158 valence electrons. The van der Waals surface area contributed by atoms with Crippen molar-refractivity contribution in [2.75, 3.05) is 13.1 Å². The Labute approximate surface area is 183 Å². The molecule has 4 aromatic rings. The first kappa shape index (κ1) is 19.7. The number of aryl methyl sites for hydroxylation is 1. The molecule has 1 aromatic heterocycles. The second kappa shape index (κ2) is 9.27. The minimum absolute atomic E-state index is 0.194. The van der Waals surface area contributed by atoms with Crippen molar-refractivity contribution in [2.24, 2.45) is 0 Å². The molecule has 3 aromatic carbocycles. The third-order valence-electron chi connectivity index (χ3n) is 5.93. The zero-order valence-electron chi connectivity index (χ0n) is 17.6. The highest BCUT2D eigenvalue weighted by atomic mass is 16.5. The number of fused-ring (bicyclic) bond motifs is 2. The molecule has 0 saturated heterocycles. The van der Waals surface area contributed by atoms with Crippen molar-refractivity contribution < 1.29 is 9.47 Å². The number of H-pyrrole nitrogens is 1. The topological polar surface area (TPSA) is 46.3 Å². The van der Waals surface area contributed by atoms with Gasteiger partial charge in [-0.3, -0.25) is 0 Å². The van der Waals surface area contributed by atoms with Crippen LogP contribution in [-0.4, -0.2) is 24.2 Å². The molecule has 1 unspecified atom stereocenters. The van der Waals surface area contributed by atoms with Crippen LogP contribution in [0.2, 0.25) is 0 Å². The van der Waals surface area contributed by atoms with Gasteiger partial charge in [0.25, 0.3) is 0 Å². The minimum Gasteiger partial charge on any atom is -0.489 e. The van der Waals surface area contributed by atoms with E-state index in [0.29, 0.717) is 6.61 Å². The summed E-state index contributed by atoms with van der Waals surface area (Å²) in [6.07, 6.45) is 5.40. The molecule has 0 fully saturated rings. The number of aromatic nitrogens is 1. The average Bonchev–Trinajstić information content (AvgIpc) is 3.24. The first-order chi connectivity index (χ1) is 15.3. The quantitative estimate of drug-likeness (QED) is 0.388. The van der Waals surface area contributed by atoms with E-state index < -0.39 is 0 Å². The summed E-state index contributed by atoms with van der Waals surface area (Å²) in [6, 6.07) is 24.9. The Balaban J connectivity index is 1.12. The van der Waals surface area contributed by atoms with Crippen molar-refractivity contribution >= 4 is 10.9 Å². The van der Waals surface area contributed by atoms with Gasteiger partial charge in [-0.1, -0.05) is 54.6 Å². The molecule has 0 spiro atoms. The van der Waals surface area contributed by atoms with Crippen molar-refractivity contribution in [1.29, 1.82) is 0 Å². The molecule has 2 heterocycles. The first-order valence-electron chi connectivity index (χ1n) is 11.1. The smallest absolute Gasteiger partial charge is 0.126 e. The first-order valence-corrected chi connectivity index (χ1v) is 11.1. The van der Waals surface area contributed by atoms with E-state index in [-0.39, 0.29) is 6.10 Å². The Morgan fingerprint density at radius 2 is 1.87 bits per heavy atom. The van der Waals surface area contributed by atoms with Crippen LogP contribution in [0.15, 0.2) is 79.0 Å². The van der Waals surface area contributed by atoms with Crippen molar-refractivity contribution in [3.8, 4) is 11.5 Å². The Kier molecular flexibility index (Phi) is 5.90. The fraction of sp³-hybridized carbons (Fsp3) is 0.259. The second-order valence-electron chi connectivity index (χ2n) is 8.14. The number of ether oxygens (including phenoxy) is 2. The lowest BCUT2D eigenvalue weighted by Gasteiger charge is -2.27. The van der Waals surface area contributed by atoms with Gasteiger partial charge in [0.1, 0.15) is 24.2 Å². The van der Waals surface area contributed by atoms with Crippen molar-refractivity contribution in [3.63, 3.8) is 0 Å². The van der Waals surface area contributed by atoms with E-state index in [1.54, 1.807) is 0 Å². The van der Waals surface area contributed by atoms with Crippen LogP contribution in [0.25, 0.3) is 10.9 Å². The van der Waals surface area contributed by atoms with Crippen LogP contribution in [0.4, 0.5) is 0 Å². The van der Waals surface area contributed by atoms with E-state index in [4.69, 9.17) is 9.47 Å². The minimum atomic E-state index is 0.194. The lowest BCUT2D eigenvalue weighted by Crippen LogP contribution is -2.35. The van der Waals surface area contributed by atoms with Crippen LogP contribution in [-0.2, 0) is 19.4 Å². The summed E-state index contributed by atoms with van der Waals surface area (Å²) in [4.78, 5) is 3.35. The Bertz CT molecular complexity index is 1140. The number of aromatic amines is 1. The Morgan fingerprint density at radius 1 is 1.00 bits per heavy atom. The van der Waals surface area contributed by atoms with Crippen LogP contribution < -0.4 is 14.8 Å². The summed E-state index contributed by atoms with van der Waals surface area (Å²) < 4.78 is 12.3. The molecule has 0 bridgehead atoms. The van der Waals surface area contributed by atoms with Gasteiger partial charge in [0.15, 0.2) is 0 Å². The van der Waals surface area contributed by atoms with Gasteiger partial charge in [-0.15, -0.1) is 0 Å². The molecule has 0 radical (unpaired) electrons. The number of para-hydroxylation sites is 1. The van der Waals surface area contributed by atoms with E-state index in [0.717, 1.165) is 43.9 Å². The Hall–Kier alpha value is -3.24. The zero-order chi connectivity index (χ0) is 20.9. The monoisotopic (exact) mass is 412 g/mol. The summed E-state index contributed by atoms with van der Waals surface area (Å²) in [5, 5.41) is 4.90. The Morgan fingerprint density at radius 3 is 2.81 bits per heavy atom. The van der Waals surface area contributed by atoms with E-state index in [1.807, 2.05) is 30.3 Å². The maximum absolute atomic E-state index is 6.28. The molecule has 5 rings (SSSR count). The zero-order valence-corrected chi connectivity index (χ0v) is 17.6. The molecule has 0 saturated carbocycles. The maximum Gasteiger partial charge on any atom is 0.126 e. The highest BCUT2D eigenvalue weighted by molar-refractivity contribution is 5.83. The molecule has 2 N–H and O–H groups in total. The number of hydrogen-bond acceptors (Lipinski definition) is 3. The molecule has 1 atom stereocenters. The lowest BCUT2D eigenvalue weighted by molar-refractivity contribution is 0.169. The molecule has 31 heavy (non-hydrogen) atoms. The van der Waals surface area contributed by atoms with Crippen molar-refractivity contribution in [1.82, 2.24) is 10.3 Å². The van der Waals surface area contributed by atoms with Crippen LogP contribution in [0.1, 0.15) is 23.1 Å². The van der Waals surface area contributed by atoms with Gasteiger partial charge in [0.2, 0.25) is 0 Å². The van der Waals surface area contributed by atoms with Gasteiger partial charge in [0.05, 0.1) is 0 Å². The average molecular weight is 413 g/mol. The molecule has 1 aliphatic rings. The highest BCUT2D eigenvalue weighted by Gasteiger charge is 2.20. The van der Waals surface area contributed by atoms with Crippen LogP contribution >= 0.6 is 0 Å². The molecule has 1 aliphatic heterocycles. The van der Waals surface area contributed by atoms with Crippen LogP contribution in [0, 0.1) is 0 Å².